The average molecular weight is 955 g/mol. The van der Waals surface area contributed by atoms with E-state index in [-0.39, 0.29) is 37.3 Å². The fourth-order valence-corrected chi connectivity index (χ4v) is 10.0. The Morgan fingerprint density at radius 1 is 0.896 bits per heavy atom. The molecule has 3 saturated heterocycles. The van der Waals surface area contributed by atoms with Gasteiger partial charge in [-0.15, -0.1) is 0 Å². The summed E-state index contributed by atoms with van der Waals surface area (Å²) in [6.07, 6.45) is -1.11. The van der Waals surface area contributed by atoms with Gasteiger partial charge in [-0.05, 0) is 100 Å². The van der Waals surface area contributed by atoms with Gasteiger partial charge in [0.15, 0.2) is 25.0 Å². The minimum absolute atomic E-state index is 0.0403. The summed E-state index contributed by atoms with van der Waals surface area (Å²) in [4.78, 5) is 55.3. The van der Waals surface area contributed by atoms with Crippen LogP contribution in [-0.4, -0.2) is 183 Å². The third-order valence-electron chi connectivity index (χ3n) is 13.3. The van der Waals surface area contributed by atoms with Gasteiger partial charge in [-0.3, -0.25) is 14.4 Å². The van der Waals surface area contributed by atoms with Crippen LogP contribution >= 0.6 is 0 Å². The minimum atomic E-state index is -1.50. The lowest BCUT2D eigenvalue weighted by Crippen LogP contribution is -2.66. The molecule has 0 spiro atoms. The van der Waals surface area contributed by atoms with Crippen LogP contribution < -0.4 is 0 Å². The Bertz CT molecular complexity index is 1630. The zero-order valence-corrected chi connectivity index (χ0v) is 42.1. The fourth-order valence-electron chi connectivity index (χ4n) is 10.0. The number of methoxy groups -OCH3 is 1. The zero-order chi connectivity index (χ0) is 49.7. The van der Waals surface area contributed by atoms with Crippen LogP contribution in [0.15, 0.2) is 24.3 Å². The van der Waals surface area contributed by atoms with E-state index in [1.54, 1.807) is 46.7 Å². The maximum absolute atomic E-state index is 13.5. The van der Waals surface area contributed by atoms with Crippen molar-refractivity contribution in [2.45, 2.75) is 217 Å². The summed E-state index contributed by atoms with van der Waals surface area (Å²) < 4.78 is 62.5. The van der Waals surface area contributed by atoms with Crippen molar-refractivity contribution in [3.05, 3.63) is 24.3 Å². The van der Waals surface area contributed by atoms with Crippen molar-refractivity contribution < 1.29 is 76.8 Å². The van der Waals surface area contributed by atoms with Crippen molar-refractivity contribution in [3.63, 3.8) is 0 Å². The van der Waals surface area contributed by atoms with Crippen LogP contribution in [0.25, 0.3) is 0 Å². The van der Waals surface area contributed by atoms with E-state index in [9.17, 15) is 29.4 Å². The first-order valence-electron chi connectivity index (χ1n) is 24.1. The summed E-state index contributed by atoms with van der Waals surface area (Å²) in [6.45, 7) is 13.9. The van der Waals surface area contributed by atoms with E-state index in [1.165, 1.54) is 14.0 Å². The predicted octanol–water partition coefficient (Wildman–Crippen LogP) is 4.25. The van der Waals surface area contributed by atoms with Gasteiger partial charge in [0.05, 0.1) is 43.0 Å². The van der Waals surface area contributed by atoms with Crippen molar-refractivity contribution in [2.75, 3.05) is 35.3 Å². The molecule has 0 radical (unpaired) electrons. The van der Waals surface area contributed by atoms with Crippen molar-refractivity contribution in [3.8, 4) is 0 Å². The molecule has 0 aromatic rings. The number of rotatable bonds is 15. The second-order valence-corrected chi connectivity index (χ2v) is 19.6. The number of hydrogen-bond donors (Lipinski definition) is 2. The molecule has 0 aromatic carbocycles. The topological polar surface area (TPSA) is 208 Å². The molecule has 18 nitrogen and oxygen atoms in total. The molecule has 4 aliphatic heterocycles. The van der Waals surface area contributed by atoms with Crippen LogP contribution in [0.5, 0.6) is 0 Å². The van der Waals surface area contributed by atoms with E-state index in [0.29, 0.717) is 25.7 Å². The molecular formula is C49H82N2O16. The molecular weight excluding hydrogens is 873 g/mol. The first-order valence-corrected chi connectivity index (χ1v) is 24.1. The molecule has 4 rings (SSSR count). The van der Waals surface area contributed by atoms with E-state index in [2.05, 4.69) is 4.90 Å². The van der Waals surface area contributed by atoms with Gasteiger partial charge in [-0.2, -0.15) is 0 Å². The lowest BCUT2D eigenvalue weighted by molar-refractivity contribution is -0.344. The number of aliphatic hydroxyl groups is 2. The highest BCUT2D eigenvalue weighted by Crippen LogP contribution is 2.38. The lowest BCUT2D eigenvalue weighted by Gasteiger charge is -2.50. The normalized spacial score (nSPS) is 41.5. The van der Waals surface area contributed by atoms with E-state index in [0.717, 1.165) is 12.7 Å². The monoisotopic (exact) mass is 955 g/mol. The zero-order valence-electron chi connectivity index (χ0n) is 42.1. The molecule has 18 heteroatoms. The minimum Gasteiger partial charge on any atom is -0.462 e. The number of carbonyl (C=O) groups excluding carboxylic acids is 4. The smallest absolute Gasteiger partial charge is 0.309 e. The Balaban J connectivity index is 1.70. The third kappa shape index (κ3) is 16.1. The molecule has 0 aliphatic carbocycles. The second-order valence-electron chi connectivity index (χ2n) is 19.6. The molecule has 19 atom stereocenters. The standard InChI is InChI=1S/C49H82N2O16/c1-14-18-38(54)65-47-32(6)61-41(27-49(47,8)57)66-44-31(5)62-48(43(56)42(44)51(11)12)67-45-34(23-24-52)25-28(2)36(64-40-22-21-35(50(9)10)30(4)60-40)20-17-15-16-19-29(3)59-39(55)26-37(46(45)58-13)63-33(7)53/h15-17,20,24,28-32,34-37,40-48,56-57H,14,18-19,21-23,25-27H2,1-13H3/b16-15+,20-17+/t28-,29-,30-,31-,32+,34+,35+,36+,37-,40+,41+,42-,43-,44-,45+,46+,47+,48+,49-/m1/s1. The largest absolute Gasteiger partial charge is 0.462 e. The SMILES string of the molecule is CCCC(=O)O[C@H]1[C@H](C)O[C@@H](O[C@H]2[C@H](N(C)C)[C@@H](O)[C@H](O[C@H]3[C@@H](CC=O)C[C@@H](C)[C@@H](O[C@H]4CC[C@H](N(C)C)[C@@H](C)O4)/C=C/C=C/C[C@@H](C)OC(=O)C[C@@H](OC(C)=O)[C@@H]3OC)O[C@@H]2C)C[C@@]1(C)O. The average Bonchev–Trinajstić information content (AvgIpc) is 3.22. The van der Waals surface area contributed by atoms with E-state index < -0.39 is 122 Å². The number of aliphatic hydroxyl groups excluding tert-OH is 1. The number of likely N-dealkylation sites (N-methyl/N-ethyl adjacent to an activating group) is 2. The van der Waals surface area contributed by atoms with Crippen LogP contribution in [0, 0.1) is 11.8 Å². The molecule has 4 aliphatic rings. The number of allylic oxidation sites excluding steroid dienone is 2. The van der Waals surface area contributed by atoms with Gasteiger partial charge in [0.25, 0.3) is 0 Å². The Morgan fingerprint density at radius 3 is 2.19 bits per heavy atom. The van der Waals surface area contributed by atoms with Crippen molar-refractivity contribution >= 4 is 24.2 Å². The van der Waals surface area contributed by atoms with Gasteiger partial charge in [0.1, 0.15) is 42.4 Å². The lowest BCUT2D eigenvalue weighted by atomic mass is 9.82. The predicted molar refractivity (Wildman–Crippen MR) is 245 cm³/mol. The Morgan fingerprint density at radius 2 is 1.60 bits per heavy atom. The van der Waals surface area contributed by atoms with Crippen LogP contribution in [0.1, 0.15) is 113 Å². The van der Waals surface area contributed by atoms with Crippen LogP contribution in [-0.2, 0) is 66.5 Å². The summed E-state index contributed by atoms with van der Waals surface area (Å²) in [6, 6.07) is -0.546. The van der Waals surface area contributed by atoms with Gasteiger partial charge in [-0.25, -0.2) is 0 Å². The number of aldehydes is 1. The number of carbonyl (C=O) groups is 4. The molecule has 0 saturated carbocycles. The van der Waals surface area contributed by atoms with E-state index in [4.69, 9.17) is 47.4 Å². The summed E-state index contributed by atoms with van der Waals surface area (Å²) in [5.41, 5.74) is -1.50. The van der Waals surface area contributed by atoms with Gasteiger partial charge in [0.2, 0.25) is 0 Å². The van der Waals surface area contributed by atoms with E-state index >= 15 is 0 Å². The summed E-state index contributed by atoms with van der Waals surface area (Å²) >= 11 is 0. The highest BCUT2D eigenvalue weighted by Gasteiger charge is 2.53. The van der Waals surface area contributed by atoms with Crippen LogP contribution in [0.3, 0.4) is 0 Å². The number of ether oxygens (including phenoxy) is 10. The summed E-state index contributed by atoms with van der Waals surface area (Å²) in [5.74, 6) is -2.69. The van der Waals surface area contributed by atoms with Gasteiger partial charge >= 0.3 is 17.9 Å². The number of cyclic esters (lactones) is 1. The van der Waals surface area contributed by atoms with Crippen molar-refractivity contribution in [1.29, 1.82) is 0 Å². The molecule has 0 unspecified atom stereocenters. The molecule has 0 bridgehead atoms. The Hall–Kier alpha value is -2.88. The van der Waals surface area contributed by atoms with Crippen molar-refractivity contribution in [1.82, 2.24) is 9.80 Å². The number of hydrogen-bond acceptors (Lipinski definition) is 18. The molecule has 2 N–H and O–H groups in total. The Labute approximate surface area is 398 Å². The Kier molecular flexibility index (Phi) is 22.3. The molecule has 0 aromatic heterocycles. The van der Waals surface area contributed by atoms with Gasteiger partial charge in [0, 0.05) is 45.8 Å². The molecule has 0 amide bonds. The maximum atomic E-state index is 13.5. The van der Waals surface area contributed by atoms with Crippen LogP contribution in [0.4, 0.5) is 0 Å². The highest BCUT2D eigenvalue weighted by molar-refractivity contribution is 5.72. The first kappa shape index (κ1) is 56.7. The summed E-state index contributed by atoms with van der Waals surface area (Å²) in [5, 5.41) is 23.8. The molecule has 3 fully saturated rings. The van der Waals surface area contributed by atoms with E-state index in [1.807, 2.05) is 59.2 Å². The molecule has 67 heavy (non-hydrogen) atoms. The number of esters is 3. The van der Waals surface area contributed by atoms with Gasteiger partial charge < -0.3 is 72.2 Å². The molecule has 384 valence electrons. The third-order valence-corrected chi connectivity index (χ3v) is 13.3. The number of nitrogens with zero attached hydrogens (tertiary/aromatic N) is 2. The van der Waals surface area contributed by atoms with Gasteiger partial charge in [-0.1, -0.05) is 38.2 Å². The van der Waals surface area contributed by atoms with Crippen molar-refractivity contribution in [2.24, 2.45) is 11.8 Å². The maximum Gasteiger partial charge on any atom is 0.309 e. The fraction of sp³-hybridized carbons (Fsp3) is 0.837. The second kappa shape index (κ2) is 26.4. The van der Waals surface area contributed by atoms with Crippen LogP contribution in [0.2, 0.25) is 0 Å². The quantitative estimate of drug-likeness (QED) is 0.134. The highest BCUT2D eigenvalue weighted by atomic mass is 16.7. The first-order chi connectivity index (χ1) is 31.6. The summed E-state index contributed by atoms with van der Waals surface area (Å²) in [7, 11) is 9.01. The molecule has 4 heterocycles.